The Kier molecular flexibility index (Phi) is 5.59. The number of carbonyl (C=O) groups is 2. The van der Waals surface area contributed by atoms with E-state index < -0.39 is 5.97 Å². The average molecular weight is 256 g/mol. The lowest BCUT2D eigenvalue weighted by Crippen LogP contribution is -2.48. The molecule has 0 aliphatic carbocycles. The van der Waals surface area contributed by atoms with E-state index in [1.54, 1.807) is 0 Å². The first-order chi connectivity index (χ1) is 8.44. The summed E-state index contributed by atoms with van der Waals surface area (Å²) in [5, 5.41) is 14.8. The summed E-state index contributed by atoms with van der Waals surface area (Å²) in [5.74, 6) is -0.675. The van der Waals surface area contributed by atoms with Gasteiger partial charge in [-0.2, -0.15) is 0 Å². The molecule has 0 aromatic heterocycles. The molecule has 104 valence electrons. The van der Waals surface area contributed by atoms with Crippen molar-refractivity contribution in [1.82, 2.24) is 10.6 Å². The first kappa shape index (κ1) is 15.0. The van der Waals surface area contributed by atoms with Crippen molar-refractivity contribution in [2.45, 2.75) is 52.0 Å². The molecule has 1 amide bonds. The molecule has 0 radical (unpaired) electrons. The van der Waals surface area contributed by atoms with Gasteiger partial charge in [0, 0.05) is 17.9 Å². The fraction of sp³-hybridized carbons (Fsp3) is 0.846. The van der Waals surface area contributed by atoms with Gasteiger partial charge in [0.05, 0.1) is 0 Å². The minimum Gasteiger partial charge on any atom is -0.481 e. The van der Waals surface area contributed by atoms with Crippen LogP contribution in [-0.2, 0) is 9.59 Å². The molecule has 3 N–H and O–H groups in total. The Labute approximate surface area is 108 Å². The standard InChI is InChI=1S/C13H24N2O3/c1-10(4-3-5-11(16)17)15-12(18)13(2)6-8-14-9-7-13/h10,14H,3-9H2,1-2H3,(H,15,18)(H,16,17). The second-order valence-electron chi connectivity index (χ2n) is 5.47. The van der Waals surface area contributed by atoms with Crippen molar-refractivity contribution in [2.24, 2.45) is 5.41 Å². The highest BCUT2D eigenvalue weighted by molar-refractivity contribution is 5.82. The van der Waals surface area contributed by atoms with Crippen molar-refractivity contribution in [3.05, 3.63) is 0 Å². The van der Waals surface area contributed by atoms with Gasteiger partial charge in [0.1, 0.15) is 0 Å². The maximum absolute atomic E-state index is 12.2. The molecular weight excluding hydrogens is 232 g/mol. The lowest BCUT2D eigenvalue weighted by molar-refractivity contribution is -0.137. The summed E-state index contributed by atoms with van der Waals surface area (Å²) in [6.07, 6.45) is 3.21. The zero-order valence-electron chi connectivity index (χ0n) is 11.3. The summed E-state index contributed by atoms with van der Waals surface area (Å²) < 4.78 is 0. The zero-order chi connectivity index (χ0) is 13.6. The minimum atomic E-state index is -0.779. The Morgan fingerprint density at radius 2 is 2.00 bits per heavy atom. The van der Waals surface area contributed by atoms with Crippen LogP contribution in [0, 0.1) is 5.41 Å². The molecule has 5 heteroatoms. The number of nitrogens with one attached hydrogen (secondary N) is 2. The van der Waals surface area contributed by atoms with E-state index in [9.17, 15) is 9.59 Å². The number of hydrogen-bond donors (Lipinski definition) is 3. The van der Waals surface area contributed by atoms with E-state index in [0.29, 0.717) is 12.8 Å². The van der Waals surface area contributed by atoms with Crippen molar-refractivity contribution >= 4 is 11.9 Å². The van der Waals surface area contributed by atoms with E-state index in [1.165, 1.54) is 0 Å². The highest BCUT2D eigenvalue weighted by Crippen LogP contribution is 2.28. The molecule has 1 fully saturated rings. The molecule has 0 saturated carbocycles. The zero-order valence-corrected chi connectivity index (χ0v) is 11.3. The summed E-state index contributed by atoms with van der Waals surface area (Å²) in [7, 11) is 0. The van der Waals surface area contributed by atoms with Crippen molar-refractivity contribution in [3.8, 4) is 0 Å². The topological polar surface area (TPSA) is 78.4 Å². The Morgan fingerprint density at radius 1 is 1.39 bits per heavy atom. The average Bonchev–Trinajstić information content (AvgIpc) is 2.29. The summed E-state index contributed by atoms with van der Waals surface area (Å²) in [4.78, 5) is 22.6. The molecule has 1 aliphatic heterocycles. The molecule has 0 aromatic rings. The molecule has 1 heterocycles. The van der Waals surface area contributed by atoms with Crippen LogP contribution in [0.3, 0.4) is 0 Å². The van der Waals surface area contributed by atoms with E-state index >= 15 is 0 Å². The molecule has 0 bridgehead atoms. The quantitative estimate of drug-likeness (QED) is 0.666. The van der Waals surface area contributed by atoms with E-state index in [1.807, 2.05) is 13.8 Å². The van der Waals surface area contributed by atoms with Crippen LogP contribution in [0.2, 0.25) is 0 Å². The Morgan fingerprint density at radius 3 is 2.56 bits per heavy atom. The summed E-state index contributed by atoms with van der Waals surface area (Å²) in [5.41, 5.74) is -0.272. The van der Waals surface area contributed by atoms with Crippen LogP contribution >= 0.6 is 0 Å². The van der Waals surface area contributed by atoms with Gasteiger partial charge in [-0.05, 0) is 45.7 Å². The SMILES string of the molecule is CC(CCCC(=O)O)NC(=O)C1(C)CCNCC1. The Bertz CT molecular complexity index is 299. The molecule has 18 heavy (non-hydrogen) atoms. The Balaban J connectivity index is 2.31. The molecule has 1 saturated heterocycles. The van der Waals surface area contributed by atoms with Crippen molar-refractivity contribution in [1.29, 1.82) is 0 Å². The fourth-order valence-corrected chi connectivity index (χ4v) is 2.24. The minimum absolute atomic E-state index is 0.0450. The molecule has 1 atom stereocenters. The molecule has 1 aliphatic rings. The Hall–Kier alpha value is -1.10. The number of carboxylic acids is 1. The van der Waals surface area contributed by atoms with E-state index in [-0.39, 0.29) is 23.8 Å². The number of hydrogen-bond acceptors (Lipinski definition) is 3. The highest BCUT2D eigenvalue weighted by atomic mass is 16.4. The maximum atomic E-state index is 12.2. The smallest absolute Gasteiger partial charge is 0.303 e. The van der Waals surface area contributed by atoms with E-state index in [0.717, 1.165) is 25.9 Å². The van der Waals surface area contributed by atoms with Crippen LogP contribution < -0.4 is 10.6 Å². The number of amides is 1. The van der Waals surface area contributed by atoms with Gasteiger partial charge in [0.25, 0.3) is 0 Å². The first-order valence-corrected chi connectivity index (χ1v) is 6.67. The number of piperidine rings is 1. The lowest BCUT2D eigenvalue weighted by Gasteiger charge is -2.33. The number of rotatable bonds is 6. The molecule has 0 spiro atoms. The predicted molar refractivity (Wildman–Crippen MR) is 69.3 cm³/mol. The van der Waals surface area contributed by atoms with Gasteiger partial charge >= 0.3 is 5.97 Å². The third kappa shape index (κ3) is 4.64. The van der Waals surface area contributed by atoms with Gasteiger partial charge < -0.3 is 15.7 Å². The fourth-order valence-electron chi connectivity index (χ4n) is 2.24. The normalized spacial score (nSPS) is 20.1. The summed E-state index contributed by atoms with van der Waals surface area (Å²) >= 11 is 0. The van der Waals surface area contributed by atoms with Gasteiger partial charge in [-0.25, -0.2) is 0 Å². The second-order valence-corrected chi connectivity index (χ2v) is 5.47. The van der Waals surface area contributed by atoms with Crippen molar-refractivity contribution in [3.63, 3.8) is 0 Å². The monoisotopic (exact) mass is 256 g/mol. The molecule has 1 rings (SSSR count). The highest BCUT2D eigenvalue weighted by Gasteiger charge is 2.34. The van der Waals surface area contributed by atoms with Crippen LogP contribution in [0.15, 0.2) is 0 Å². The van der Waals surface area contributed by atoms with Gasteiger partial charge in [0.2, 0.25) is 5.91 Å². The third-order valence-electron chi connectivity index (χ3n) is 3.66. The lowest BCUT2D eigenvalue weighted by atomic mass is 9.80. The van der Waals surface area contributed by atoms with Crippen molar-refractivity contribution in [2.75, 3.05) is 13.1 Å². The largest absolute Gasteiger partial charge is 0.481 e. The molecular formula is C13H24N2O3. The molecule has 0 aromatic carbocycles. The van der Waals surface area contributed by atoms with Gasteiger partial charge in [-0.3, -0.25) is 9.59 Å². The molecule has 5 nitrogen and oxygen atoms in total. The van der Waals surface area contributed by atoms with Gasteiger partial charge in [-0.15, -0.1) is 0 Å². The van der Waals surface area contributed by atoms with Gasteiger partial charge in [-0.1, -0.05) is 6.92 Å². The van der Waals surface area contributed by atoms with Crippen LogP contribution in [0.4, 0.5) is 0 Å². The second kappa shape index (κ2) is 6.73. The van der Waals surface area contributed by atoms with Crippen LogP contribution in [0.1, 0.15) is 46.0 Å². The third-order valence-corrected chi connectivity index (χ3v) is 3.66. The van der Waals surface area contributed by atoms with Crippen LogP contribution in [-0.4, -0.2) is 36.1 Å². The van der Waals surface area contributed by atoms with Crippen molar-refractivity contribution < 1.29 is 14.7 Å². The van der Waals surface area contributed by atoms with E-state index in [2.05, 4.69) is 10.6 Å². The summed E-state index contributed by atoms with van der Waals surface area (Å²) in [6, 6.07) is 0.0450. The number of carbonyl (C=O) groups excluding carboxylic acids is 1. The number of carboxylic acid groups (broad SMARTS) is 1. The van der Waals surface area contributed by atoms with Crippen LogP contribution in [0.5, 0.6) is 0 Å². The molecule has 1 unspecified atom stereocenters. The van der Waals surface area contributed by atoms with E-state index in [4.69, 9.17) is 5.11 Å². The van der Waals surface area contributed by atoms with Crippen LogP contribution in [0.25, 0.3) is 0 Å². The number of aliphatic carboxylic acids is 1. The predicted octanol–water partition coefficient (Wildman–Crippen LogP) is 1.14. The summed E-state index contributed by atoms with van der Waals surface area (Å²) in [6.45, 7) is 5.71. The maximum Gasteiger partial charge on any atom is 0.303 e. The van der Waals surface area contributed by atoms with Gasteiger partial charge in [0.15, 0.2) is 0 Å². The first-order valence-electron chi connectivity index (χ1n) is 6.67.